The molecule has 0 aromatic heterocycles. The van der Waals surface area contributed by atoms with Gasteiger partial charge in [-0.3, -0.25) is 0 Å². The summed E-state index contributed by atoms with van der Waals surface area (Å²) in [5, 5.41) is 8.90. The van der Waals surface area contributed by atoms with E-state index in [0.717, 1.165) is 22.4 Å². The molecular formula is C20H23N3O2S. The number of rotatable bonds is 3. The normalized spacial score (nSPS) is 15.7. The van der Waals surface area contributed by atoms with Gasteiger partial charge < -0.3 is 4.90 Å². The summed E-state index contributed by atoms with van der Waals surface area (Å²) < 4.78 is 27.9. The summed E-state index contributed by atoms with van der Waals surface area (Å²) in [4.78, 5) is 2.59. The molecule has 0 bridgehead atoms. The van der Waals surface area contributed by atoms with Crippen LogP contribution in [0.1, 0.15) is 22.3 Å². The zero-order chi connectivity index (χ0) is 18.9. The lowest BCUT2D eigenvalue weighted by Crippen LogP contribution is -2.48. The fourth-order valence-electron chi connectivity index (χ4n) is 3.64. The van der Waals surface area contributed by atoms with Crippen molar-refractivity contribution >= 4 is 15.7 Å². The summed E-state index contributed by atoms with van der Waals surface area (Å²) in [6.45, 7) is 7.88. The Hall–Kier alpha value is -2.36. The van der Waals surface area contributed by atoms with Crippen LogP contribution in [0.25, 0.3) is 0 Å². The molecule has 0 atom stereocenters. The number of piperazine rings is 1. The molecule has 0 saturated carbocycles. The highest BCUT2D eigenvalue weighted by Gasteiger charge is 2.30. The van der Waals surface area contributed by atoms with Crippen molar-refractivity contribution in [1.82, 2.24) is 4.31 Å². The van der Waals surface area contributed by atoms with E-state index in [1.807, 2.05) is 45.0 Å². The average molecular weight is 369 g/mol. The van der Waals surface area contributed by atoms with Gasteiger partial charge in [-0.2, -0.15) is 9.57 Å². The van der Waals surface area contributed by atoms with Crippen LogP contribution in [-0.2, 0) is 10.0 Å². The largest absolute Gasteiger partial charge is 0.369 e. The summed E-state index contributed by atoms with van der Waals surface area (Å²) >= 11 is 0. The second-order valence-electron chi connectivity index (χ2n) is 6.78. The molecule has 3 rings (SSSR count). The van der Waals surface area contributed by atoms with Gasteiger partial charge in [-0.05, 0) is 56.2 Å². The van der Waals surface area contributed by atoms with Gasteiger partial charge in [0.05, 0.1) is 16.5 Å². The van der Waals surface area contributed by atoms with Gasteiger partial charge in [0.25, 0.3) is 0 Å². The molecule has 6 heteroatoms. The summed E-state index contributed by atoms with van der Waals surface area (Å²) in [6.07, 6.45) is 0. The van der Waals surface area contributed by atoms with Crippen LogP contribution in [0.15, 0.2) is 41.3 Å². The maximum atomic E-state index is 13.1. The Kier molecular flexibility index (Phi) is 5.03. The Morgan fingerprint density at radius 2 is 1.46 bits per heavy atom. The standard InChI is InChI=1S/C20H23N3O2S/c1-15-12-16(2)20(17(3)13-15)26(24,25)23-10-8-22(9-11-23)19-6-4-18(14-21)5-7-19/h4-7,12-13H,8-11H2,1-3H3. The summed E-state index contributed by atoms with van der Waals surface area (Å²) in [7, 11) is -3.49. The maximum Gasteiger partial charge on any atom is 0.243 e. The molecule has 0 amide bonds. The molecule has 1 saturated heterocycles. The van der Waals surface area contributed by atoms with Crippen LogP contribution in [0.2, 0.25) is 0 Å². The van der Waals surface area contributed by atoms with E-state index in [0.29, 0.717) is 36.6 Å². The fraction of sp³-hybridized carbons (Fsp3) is 0.350. The molecule has 0 spiro atoms. The quantitative estimate of drug-likeness (QED) is 0.834. The van der Waals surface area contributed by atoms with E-state index in [-0.39, 0.29) is 0 Å². The van der Waals surface area contributed by atoms with E-state index in [9.17, 15) is 8.42 Å². The molecule has 0 radical (unpaired) electrons. The van der Waals surface area contributed by atoms with Gasteiger partial charge in [-0.15, -0.1) is 0 Å². The number of aryl methyl sites for hydroxylation is 3. The van der Waals surface area contributed by atoms with Gasteiger partial charge in [0, 0.05) is 31.9 Å². The third kappa shape index (κ3) is 3.46. The van der Waals surface area contributed by atoms with Crippen LogP contribution in [0.5, 0.6) is 0 Å². The van der Waals surface area contributed by atoms with Gasteiger partial charge in [-0.1, -0.05) is 17.7 Å². The minimum Gasteiger partial charge on any atom is -0.369 e. The van der Waals surface area contributed by atoms with Gasteiger partial charge in [0.2, 0.25) is 10.0 Å². The lowest BCUT2D eigenvalue weighted by molar-refractivity contribution is 0.384. The highest BCUT2D eigenvalue weighted by molar-refractivity contribution is 7.89. The highest BCUT2D eigenvalue weighted by atomic mass is 32.2. The topological polar surface area (TPSA) is 64.4 Å². The molecule has 1 fully saturated rings. The number of benzene rings is 2. The maximum absolute atomic E-state index is 13.1. The van der Waals surface area contributed by atoms with E-state index < -0.39 is 10.0 Å². The van der Waals surface area contributed by atoms with Crippen molar-refractivity contribution in [2.24, 2.45) is 0 Å². The van der Waals surface area contributed by atoms with E-state index in [1.54, 1.807) is 16.4 Å². The molecule has 26 heavy (non-hydrogen) atoms. The second-order valence-corrected chi connectivity index (χ2v) is 8.65. The van der Waals surface area contributed by atoms with Gasteiger partial charge in [0.1, 0.15) is 0 Å². The lowest BCUT2D eigenvalue weighted by Gasteiger charge is -2.36. The third-order valence-corrected chi connectivity index (χ3v) is 7.01. The summed E-state index contributed by atoms with van der Waals surface area (Å²) in [6, 6.07) is 13.4. The first-order valence-electron chi connectivity index (χ1n) is 8.66. The zero-order valence-electron chi connectivity index (χ0n) is 15.4. The van der Waals surface area contributed by atoms with E-state index in [4.69, 9.17) is 5.26 Å². The van der Waals surface area contributed by atoms with Crippen molar-refractivity contribution in [3.63, 3.8) is 0 Å². The first-order valence-corrected chi connectivity index (χ1v) is 10.1. The summed E-state index contributed by atoms with van der Waals surface area (Å²) in [5.74, 6) is 0. The van der Waals surface area contributed by atoms with Crippen molar-refractivity contribution < 1.29 is 8.42 Å². The van der Waals surface area contributed by atoms with Crippen molar-refractivity contribution in [2.75, 3.05) is 31.1 Å². The van der Waals surface area contributed by atoms with Crippen molar-refractivity contribution in [3.8, 4) is 6.07 Å². The van der Waals surface area contributed by atoms with Gasteiger partial charge in [-0.25, -0.2) is 8.42 Å². The van der Waals surface area contributed by atoms with Crippen molar-refractivity contribution in [1.29, 1.82) is 5.26 Å². The lowest BCUT2D eigenvalue weighted by atomic mass is 10.1. The zero-order valence-corrected chi connectivity index (χ0v) is 16.2. The molecule has 0 unspecified atom stereocenters. The van der Waals surface area contributed by atoms with E-state index in [2.05, 4.69) is 11.0 Å². The minimum absolute atomic E-state index is 0.440. The van der Waals surface area contributed by atoms with Crippen LogP contribution in [-0.4, -0.2) is 38.9 Å². The van der Waals surface area contributed by atoms with Crippen molar-refractivity contribution in [2.45, 2.75) is 25.7 Å². The number of sulfonamides is 1. The number of anilines is 1. The number of nitrogens with zero attached hydrogens (tertiary/aromatic N) is 3. The Balaban J connectivity index is 1.78. The first kappa shape index (κ1) is 18.4. The molecular weight excluding hydrogens is 346 g/mol. The SMILES string of the molecule is Cc1cc(C)c(S(=O)(=O)N2CCN(c3ccc(C#N)cc3)CC2)c(C)c1. The van der Waals surface area contributed by atoms with E-state index in [1.165, 1.54) is 0 Å². The van der Waals surface area contributed by atoms with Crippen LogP contribution < -0.4 is 4.90 Å². The van der Waals surface area contributed by atoms with Crippen LogP contribution in [0.3, 0.4) is 0 Å². The Labute approximate surface area is 155 Å². The first-order chi connectivity index (χ1) is 12.3. The molecule has 2 aromatic rings. The fourth-order valence-corrected chi connectivity index (χ4v) is 5.47. The number of hydrogen-bond acceptors (Lipinski definition) is 4. The number of hydrogen-bond donors (Lipinski definition) is 0. The predicted molar refractivity (Wildman–Crippen MR) is 103 cm³/mol. The summed E-state index contributed by atoms with van der Waals surface area (Å²) in [5.41, 5.74) is 4.32. The minimum atomic E-state index is -3.49. The Morgan fingerprint density at radius 1 is 0.923 bits per heavy atom. The van der Waals surface area contributed by atoms with Crippen LogP contribution in [0.4, 0.5) is 5.69 Å². The molecule has 0 N–H and O–H groups in total. The molecule has 2 aromatic carbocycles. The monoisotopic (exact) mass is 369 g/mol. The smallest absolute Gasteiger partial charge is 0.243 e. The molecule has 1 heterocycles. The second kappa shape index (κ2) is 7.10. The Bertz CT molecular complexity index is 929. The average Bonchev–Trinajstić information content (AvgIpc) is 2.61. The van der Waals surface area contributed by atoms with Crippen LogP contribution in [0, 0.1) is 32.1 Å². The van der Waals surface area contributed by atoms with Gasteiger partial charge in [0.15, 0.2) is 0 Å². The van der Waals surface area contributed by atoms with Gasteiger partial charge >= 0.3 is 0 Å². The molecule has 1 aliphatic heterocycles. The van der Waals surface area contributed by atoms with Crippen molar-refractivity contribution in [3.05, 3.63) is 58.7 Å². The molecule has 1 aliphatic rings. The Morgan fingerprint density at radius 3 is 1.96 bits per heavy atom. The number of nitriles is 1. The predicted octanol–water partition coefficient (Wildman–Crippen LogP) is 2.99. The van der Waals surface area contributed by atoms with E-state index >= 15 is 0 Å². The molecule has 0 aliphatic carbocycles. The van der Waals surface area contributed by atoms with Crippen LogP contribution >= 0.6 is 0 Å². The molecule has 5 nitrogen and oxygen atoms in total. The highest BCUT2D eigenvalue weighted by Crippen LogP contribution is 2.27. The third-order valence-electron chi connectivity index (χ3n) is 4.80. The molecule has 136 valence electrons.